The summed E-state index contributed by atoms with van der Waals surface area (Å²) in [5.74, 6) is 0.163. The van der Waals surface area contributed by atoms with Gasteiger partial charge in [0.05, 0.1) is 24.5 Å². The van der Waals surface area contributed by atoms with Gasteiger partial charge in [0.1, 0.15) is 11.3 Å². The molecule has 1 amide bonds. The van der Waals surface area contributed by atoms with E-state index >= 15 is 0 Å². The lowest BCUT2D eigenvalue weighted by Crippen LogP contribution is -2.25. The second kappa shape index (κ2) is 9.97. The van der Waals surface area contributed by atoms with Gasteiger partial charge >= 0.3 is 6.09 Å². The van der Waals surface area contributed by atoms with Crippen LogP contribution in [0.1, 0.15) is 18.4 Å². The Hall–Kier alpha value is -2.85. The van der Waals surface area contributed by atoms with Crippen LogP contribution in [0.2, 0.25) is 10.0 Å². The van der Waals surface area contributed by atoms with Gasteiger partial charge in [-0.05, 0) is 25.0 Å². The van der Waals surface area contributed by atoms with Gasteiger partial charge in [0, 0.05) is 31.2 Å². The van der Waals surface area contributed by atoms with Crippen molar-refractivity contribution in [2.75, 3.05) is 31.3 Å². The predicted molar refractivity (Wildman–Crippen MR) is 118 cm³/mol. The SMILES string of the molecule is CN(C)c1nc(N)c2ncn(CCCCOC(=O)NCc3c(Cl)ccc(Cl)c3F)c2n1. The molecule has 0 atom stereocenters. The zero-order chi connectivity index (χ0) is 22.5. The number of carbonyl (C=O) groups excluding carboxylic acids is 1. The molecule has 3 N–H and O–H groups in total. The molecule has 3 aromatic rings. The highest BCUT2D eigenvalue weighted by atomic mass is 35.5. The maximum Gasteiger partial charge on any atom is 0.407 e. The van der Waals surface area contributed by atoms with Crippen molar-refractivity contribution in [2.24, 2.45) is 0 Å². The quantitative estimate of drug-likeness (QED) is 0.382. The lowest BCUT2D eigenvalue weighted by Gasteiger charge is -2.11. The van der Waals surface area contributed by atoms with Gasteiger partial charge in [-0.1, -0.05) is 23.2 Å². The number of nitrogen functional groups attached to an aromatic ring is 1. The summed E-state index contributed by atoms with van der Waals surface area (Å²) in [6, 6.07) is 2.82. The van der Waals surface area contributed by atoms with Crippen LogP contribution in [0.15, 0.2) is 18.5 Å². The Morgan fingerprint density at radius 1 is 1.26 bits per heavy atom. The summed E-state index contributed by atoms with van der Waals surface area (Å²) in [5, 5.41) is 2.58. The number of fused-ring (bicyclic) bond motifs is 1. The van der Waals surface area contributed by atoms with Gasteiger partial charge < -0.3 is 25.3 Å². The summed E-state index contributed by atoms with van der Waals surface area (Å²) in [4.78, 5) is 26.6. The summed E-state index contributed by atoms with van der Waals surface area (Å²) in [6.07, 6.45) is 2.32. The Balaban J connectivity index is 1.45. The van der Waals surface area contributed by atoms with Crippen molar-refractivity contribution in [3.8, 4) is 0 Å². The highest BCUT2D eigenvalue weighted by Crippen LogP contribution is 2.25. The number of unbranched alkanes of at least 4 members (excludes halogenated alkanes) is 1. The van der Waals surface area contributed by atoms with Crippen LogP contribution < -0.4 is 16.0 Å². The first kappa shape index (κ1) is 22.8. The van der Waals surface area contributed by atoms with Gasteiger partial charge in [0.15, 0.2) is 11.5 Å². The molecular formula is C19H22Cl2FN7O2. The number of alkyl carbamates (subject to hydrolysis) is 1. The summed E-state index contributed by atoms with van der Waals surface area (Å²) in [6.45, 7) is 0.693. The van der Waals surface area contributed by atoms with E-state index < -0.39 is 11.9 Å². The van der Waals surface area contributed by atoms with E-state index in [-0.39, 0.29) is 28.8 Å². The molecule has 0 fully saturated rings. The predicted octanol–water partition coefficient (Wildman–Crippen LogP) is 3.63. The molecule has 2 aromatic heterocycles. The number of ether oxygens (including phenoxy) is 1. The van der Waals surface area contributed by atoms with Crippen molar-refractivity contribution < 1.29 is 13.9 Å². The summed E-state index contributed by atoms with van der Waals surface area (Å²) < 4.78 is 21.0. The molecule has 31 heavy (non-hydrogen) atoms. The second-order valence-corrected chi connectivity index (χ2v) is 7.75. The first-order valence-electron chi connectivity index (χ1n) is 9.46. The van der Waals surface area contributed by atoms with Gasteiger partial charge in [0.2, 0.25) is 5.95 Å². The number of nitrogens with one attached hydrogen (secondary N) is 1. The number of nitrogens with zero attached hydrogens (tertiary/aromatic N) is 5. The van der Waals surface area contributed by atoms with Crippen LogP contribution in [0.3, 0.4) is 0 Å². The van der Waals surface area contributed by atoms with Crippen LogP contribution in [0, 0.1) is 5.82 Å². The number of aryl methyl sites for hydroxylation is 1. The molecule has 0 saturated heterocycles. The van der Waals surface area contributed by atoms with E-state index in [0.29, 0.717) is 42.3 Å². The maximum atomic E-state index is 14.0. The Labute approximate surface area is 188 Å². The monoisotopic (exact) mass is 469 g/mol. The number of rotatable bonds is 8. The van der Waals surface area contributed by atoms with E-state index in [1.807, 2.05) is 18.7 Å². The molecule has 0 aliphatic rings. The molecule has 1 aromatic carbocycles. The topological polar surface area (TPSA) is 111 Å². The number of hydrogen-bond acceptors (Lipinski definition) is 7. The zero-order valence-corrected chi connectivity index (χ0v) is 18.5. The van der Waals surface area contributed by atoms with Gasteiger partial charge in [0.25, 0.3) is 0 Å². The van der Waals surface area contributed by atoms with Crippen LogP contribution >= 0.6 is 23.2 Å². The van der Waals surface area contributed by atoms with Crippen LogP contribution in [-0.4, -0.2) is 46.3 Å². The molecule has 0 aliphatic carbocycles. The van der Waals surface area contributed by atoms with Gasteiger partial charge in [-0.25, -0.2) is 14.2 Å². The van der Waals surface area contributed by atoms with Crippen molar-refractivity contribution in [2.45, 2.75) is 25.9 Å². The molecule has 3 rings (SSSR count). The number of aromatic nitrogens is 4. The fraction of sp³-hybridized carbons (Fsp3) is 0.368. The summed E-state index contributed by atoms with van der Waals surface area (Å²) in [5.41, 5.74) is 7.26. The van der Waals surface area contributed by atoms with E-state index in [9.17, 15) is 9.18 Å². The Morgan fingerprint density at radius 3 is 2.74 bits per heavy atom. The average Bonchev–Trinajstić information content (AvgIpc) is 3.14. The van der Waals surface area contributed by atoms with E-state index in [2.05, 4.69) is 20.3 Å². The van der Waals surface area contributed by atoms with Crippen LogP contribution in [0.4, 0.5) is 21.0 Å². The number of hydrogen-bond donors (Lipinski definition) is 2. The lowest BCUT2D eigenvalue weighted by atomic mass is 10.2. The number of amides is 1. The van der Waals surface area contributed by atoms with E-state index in [1.165, 1.54) is 12.1 Å². The van der Waals surface area contributed by atoms with Crippen molar-refractivity contribution in [3.63, 3.8) is 0 Å². The number of imidazole rings is 1. The third kappa shape index (κ3) is 5.45. The van der Waals surface area contributed by atoms with Gasteiger partial charge in [-0.3, -0.25) is 0 Å². The highest BCUT2D eigenvalue weighted by molar-refractivity contribution is 6.33. The van der Waals surface area contributed by atoms with Crippen molar-refractivity contribution in [3.05, 3.63) is 39.9 Å². The van der Waals surface area contributed by atoms with Crippen molar-refractivity contribution in [1.29, 1.82) is 0 Å². The molecule has 0 bridgehead atoms. The molecule has 0 saturated carbocycles. The Bertz CT molecular complexity index is 1090. The smallest absolute Gasteiger partial charge is 0.407 e. The fourth-order valence-corrected chi connectivity index (χ4v) is 3.20. The molecular weight excluding hydrogens is 448 g/mol. The molecule has 0 aliphatic heterocycles. The Morgan fingerprint density at radius 2 is 2.00 bits per heavy atom. The molecule has 9 nitrogen and oxygen atoms in total. The van der Waals surface area contributed by atoms with Crippen molar-refractivity contribution in [1.82, 2.24) is 24.8 Å². The van der Waals surface area contributed by atoms with E-state index in [0.717, 1.165) is 0 Å². The number of anilines is 2. The standard InChI is InChI=1S/C19H22Cl2FN7O2/c1-28(2)18-26-16(23)15-17(27-18)29(10-25-15)7-3-4-8-31-19(30)24-9-11-12(20)5-6-13(21)14(11)22/h5-6,10H,3-4,7-9H2,1-2H3,(H,24,30)(H2,23,26,27). The van der Waals surface area contributed by atoms with Gasteiger partial charge in [-0.2, -0.15) is 9.97 Å². The largest absolute Gasteiger partial charge is 0.450 e. The lowest BCUT2D eigenvalue weighted by molar-refractivity contribution is 0.143. The number of benzene rings is 1. The Kier molecular flexibility index (Phi) is 7.34. The fourth-order valence-electron chi connectivity index (χ4n) is 2.81. The molecule has 166 valence electrons. The maximum absolute atomic E-state index is 14.0. The molecule has 2 heterocycles. The van der Waals surface area contributed by atoms with Crippen molar-refractivity contribution >= 4 is 52.2 Å². The van der Waals surface area contributed by atoms with Gasteiger partial charge in [-0.15, -0.1) is 0 Å². The van der Waals surface area contributed by atoms with E-state index in [1.54, 1.807) is 11.2 Å². The summed E-state index contributed by atoms with van der Waals surface area (Å²) >= 11 is 11.7. The van der Waals surface area contributed by atoms with E-state index in [4.69, 9.17) is 33.7 Å². The van der Waals surface area contributed by atoms with Crippen LogP contribution in [-0.2, 0) is 17.8 Å². The third-order valence-corrected chi connectivity index (χ3v) is 5.10. The molecule has 0 radical (unpaired) electrons. The zero-order valence-electron chi connectivity index (χ0n) is 17.0. The minimum Gasteiger partial charge on any atom is -0.450 e. The molecule has 0 unspecified atom stereocenters. The number of carbonyl (C=O) groups is 1. The minimum atomic E-state index is -0.667. The molecule has 0 spiro atoms. The normalized spacial score (nSPS) is 11.0. The average molecular weight is 470 g/mol. The number of halogens is 3. The third-order valence-electron chi connectivity index (χ3n) is 4.45. The van der Waals surface area contributed by atoms with Crippen LogP contribution in [0.25, 0.3) is 11.2 Å². The minimum absolute atomic E-state index is 0.0636. The van der Waals surface area contributed by atoms with Crippen LogP contribution in [0.5, 0.6) is 0 Å². The second-order valence-electron chi connectivity index (χ2n) is 6.93. The highest BCUT2D eigenvalue weighted by Gasteiger charge is 2.14. The summed E-state index contributed by atoms with van der Waals surface area (Å²) in [7, 11) is 3.66. The first-order chi connectivity index (χ1) is 14.8. The first-order valence-corrected chi connectivity index (χ1v) is 10.2. The number of nitrogens with two attached hydrogens (primary N) is 1. The molecule has 12 heteroatoms.